The lowest BCUT2D eigenvalue weighted by Crippen LogP contribution is -2.46. The van der Waals surface area contributed by atoms with Crippen molar-refractivity contribution >= 4 is 35.2 Å². The molecule has 27 heavy (non-hydrogen) atoms. The highest BCUT2D eigenvalue weighted by molar-refractivity contribution is 7.99. The number of carbonyl (C=O) groups is 3. The number of hydrogen-bond acceptors (Lipinski definition) is 5. The van der Waals surface area contributed by atoms with Crippen LogP contribution in [0.5, 0.6) is 0 Å². The second-order valence-electron chi connectivity index (χ2n) is 6.90. The third-order valence-electron chi connectivity index (χ3n) is 4.40. The molecule has 8 heteroatoms. The van der Waals surface area contributed by atoms with Crippen molar-refractivity contribution in [1.29, 1.82) is 0 Å². The van der Waals surface area contributed by atoms with Gasteiger partial charge in [-0.15, -0.1) is 0 Å². The molecule has 1 saturated heterocycles. The molecule has 0 spiro atoms. The maximum atomic E-state index is 12.3. The number of nitrogens with two attached hydrogens (primary N) is 1. The van der Waals surface area contributed by atoms with Gasteiger partial charge in [0.05, 0.1) is 19.0 Å². The SMILES string of the molecule is CC(C)[C@H](N)C(=O)NCC(=O)Nc1ccc(CC(=O)N2CCSCC2)cc1. The molecule has 3 amide bonds. The number of carbonyl (C=O) groups excluding carboxylic acids is 3. The van der Waals surface area contributed by atoms with Crippen LogP contribution >= 0.6 is 11.8 Å². The molecule has 1 fully saturated rings. The molecule has 0 unspecified atom stereocenters. The summed E-state index contributed by atoms with van der Waals surface area (Å²) < 4.78 is 0. The third kappa shape index (κ3) is 6.88. The summed E-state index contributed by atoms with van der Waals surface area (Å²) >= 11 is 1.87. The quantitative estimate of drug-likeness (QED) is 0.638. The van der Waals surface area contributed by atoms with E-state index in [0.717, 1.165) is 30.2 Å². The van der Waals surface area contributed by atoms with Gasteiger partial charge in [-0.2, -0.15) is 11.8 Å². The Hall–Kier alpha value is -2.06. The summed E-state index contributed by atoms with van der Waals surface area (Å²) in [7, 11) is 0. The second-order valence-corrected chi connectivity index (χ2v) is 8.13. The highest BCUT2D eigenvalue weighted by atomic mass is 32.2. The zero-order valence-corrected chi connectivity index (χ0v) is 16.7. The van der Waals surface area contributed by atoms with E-state index in [1.807, 2.05) is 42.6 Å². The molecule has 148 valence electrons. The molecule has 4 N–H and O–H groups in total. The zero-order valence-electron chi connectivity index (χ0n) is 15.9. The molecule has 1 aliphatic heterocycles. The Bertz CT molecular complexity index is 657. The first-order valence-electron chi connectivity index (χ1n) is 9.14. The van der Waals surface area contributed by atoms with Crippen LogP contribution in [0.2, 0.25) is 0 Å². The predicted molar refractivity (Wildman–Crippen MR) is 109 cm³/mol. The topological polar surface area (TPSA) is 105 Å². The van der Waals surface area contributed by atoms with Gasteiger partial charge in [0.2, 0.25) is 17.7 Å². The Kier molecular flexibility index (Phi) is 8.12. The van der Waals surface area contributed by atoms with Crippen LogP contribution in [0.3, 0.4) is 0 Å². The van der Waals surface area contributed by atoms with E-state index < -0.39 is 6.04 Å². The van der Waals surface area contributed by atoms with Crippen LogP contribution in [0.15, 0.2) is 24.3 Å². The van der Waals surface area contributed by atoms with Crippen LogP contribution in [-0.2, 0) is 20.8 Å². The van der Waals surface area contributed by atoms with Crippen molar-refractivity contribution in [3.05, 3.63) is 29.8 Å². The van der Waals surface area contributed by atoms with Gasteiger partial charge in [-0.25, -0.2) is 0 Å². The van der Waals surface area contributed by atoms with E-state index in [1.54, 1.807) is 12.1 Å². The fraction of sp³-hybridized carbons (Fsp3) is 0.526. The van der Waals surface area contributed by atoms with Crippen LogP contribution in [0.1, 0.15) is 19.4 Å². The summed E-state index contributed by atoms with van der Waals surface area (Å²) in [4.78, 5) is 37.9. The highest BCUT2D eigenvalue weighted by Gasteiger charge is 2.18. The fourth-order valence-corrected chi connectivity index (χ4v) is 3.50. The van der Waals surface area contributed by atoms with Gasteiger partial charge in [0.1, 0.15) is 0 Å². The van der Waals surface area contributed by atoms with Gasteiger partial charge in [-0.05, 0) is 23.6 Å². The molecule has 0 bridgehead atoms. The lowest BCUT2D eigenvalue weighted by molar-refractivity contribution is -0.130. The van der Waals surface area contributed by atoms with Gasteiger partial charge in [-0.3, -0.25) is 14.4 Å². The molecular weight excluding hydrogens is 364 g/mol. The van der Waals surface area contributed by atoms with Crippen LogP contribution < -0.4 is 16.4 Å². The molecule has 2 rings (SSSR count). The molecule has 1 aromatic carbocycles. The third-order valence-corrected chi connectivity index (χ3v) is 5.34. The highest BCUT2D eigenvalue weighted by Crippen LogP contribution is 2.13. The normalized spacial score (nSPS) is 15.3. The average Bonchev–Trinajstić information content (AvgIpc) is 2.67. The van der Waals surface area contributed by atoms with Gasteiger partial charge in [0.15, 0.2) is 0 Å². The summed E-state index contributed by atoms with van der Waals surface area (Å²) in [5, 5.41) is 5.25. The van der Waals surface area contributed by atoms with Crippen molar-refractivity contribution in [2.24, 2.45) is 11.7 Å². The van der Waals surface area contributed by atoms with E-state index in [2.05, 4.69) is 10.6 Å². The second kappa shape index (κ2) is 10.3. The van der Waals surface area contributed by atoms with E-state index in [1.165, 1.54) is 0 Å². The number of amides is 3. The van der Waals surface area contributed by atoms with Crippen molar-refractivity contribution in [3.63, 3.8) is 0 Å². The smallest absolute Gasteiger partial charge is 0.243 e. The maximum Gasteiger partial charge on any atom is 0.243 e. The summed E-state index contributed by atoms with van der Waals surface area (Å²) in [5.41, 5.74) is 7.26. The number of hydrogen-bond donors (Lipinski definition) is 3. The molecule has 7 nitrogen and oxygen atoms in total. The van der Waals surface area contributed by atoms with Gasteiger partial charge < -0.3 is 21.3 Å². The number of thioether (sulfide) groups is 1. The van der Waals surface area contributed by atoms with Gasteiger partial charge in [-0.1, -0.05) is 26.0 Å². The molecule has 1 atom stereocenters. The van der Waals surface area contributed by atoms with Gasteiger partial charge in [0.25, 0.3) is 0 Å². The predicted octanol–water partition coefficient (Wildman–Crippen LogP) is 0.843. The Morgan fingerprint density at radius 1 is 1.15 bits per heavy atom. The largest absolute Gasteiger partial charge is 0.346 e. The Morgan fingerprint density at radius 3 is 2.37 bits per heavy atom. The molecule has 1 heterocycles. The van der Waals surface area contributed by atoms with E-state index in [9.17, 15) is 14.4 Å². The Balaban J connectivity index is 1.78. The van der Waals surface area contributed by atoms with E-state index in [-0.39, 0.29) is 30.2 Å². The van der Waals surface area contributed by atoms with Gasteiger partial charge >= 0.3 is 0 Å². The van der Waals surface area contributed by atoms with E-state index >= 15 is 0 Å². The lowest BCUT2D eigenvalue weighted by atomic mass is 10.1. The first-order chi connectivity index (χ1) is 12.9. The molecule has 0 aromatic heterocycles. The summed E-state index contributed by atoms with van der Waals surface area (Å²) in [6, 6.07) is 6.55. The summed E-state index contributed by atoms with van der Waals surface area (Å²) in [6.07, 6.45) is 0.363. The van der Waals surface area contributed by atoms with Crippen molar-refractivity contribution in [3.8, 4) is 0 Å². The first kappa shape index (κ1) is 21.2. The molecular formula is C19H28N4O3S. The summed E-state index contributed by atoms with van der Waals surface area (Å²) in [6.45, 7) is 5.18. The van der Waals surface area contributed by atoms with Crippen molar-refractivity contribution in [1.82, 2.24) is 10.2 Å². The molecule has 1 aliphatic rings. The minimum atomic E-state index is -0.631. The first-order valence-corrected chi connectivity index (χ1v) is 10.3. The number of benzene rings is 1. The van der Waals surface area contributed by atoms with Gasteiger partial charge in [0, 0.05) is 30.3 Å². The van der Waals surface area contributed by atoms with Crippen molar-refractivity contribution < 1.29 is 14.4 Å². The standard InChI is InChI=1S/C19H28N4O3S/c1-13(2)18(20)19(26)21-12-16(24)22-15-5-3-14(4-6-15)11-17(25)23-7-9-27-10-8-23/h3-6,13,18H,7-12,20H2,1-2H3,(H,21,26)(H,22,24)/t18-/m0/s1. The van der Waals surface area contributed by atoms with Crippen LogP contribution in [-0.4, -0.2) is 59.8 Å². The van der Waals surface area contributed by atoms with E-state index in [4.69, 9.17) is 5.73 Å². The Morgan fingerprint density at radius 2 is 1.78 bits per heavy atom. The monoisotopic (exact) mass is 392 g/mol. The molecule has 0 saturated carbocycles. The molecule has 0 aliphatic carbocycles. The van der Waals surface area contributed by atoms with Crippen molar-refractivity contribution in [2.75, 3.05) is 36.5 Å². The number of anilines is 1. The van der Waals surface area contributed by atoms with E-state index in [0.29, 0.717) is 12.1 Å². The lowest BCUT2D eigenvalue weighted by Gasteiger charge is -2.26. The van der Waals surface area contributed by atoms with Crippen LogP contribution in [0, 0.1) is 5.92 Å². The number of nitrogens with zero attached hydrogens (tertiary/aromatic N) is 1. The molecule has 0 radical (unpaired) electrons. The van der Waals surface area contributed by atoms with Crippen molar-refractivity contribution in [2.45, 2.75) is 26.3 Å². The number of rotatable bonds is 7. The maximum absolute atomic E-state index is 12.3. The van der Waals surface area contributed by atoms with Crippen LogP contribution in [0.4, 0.5) is 5.69 Å². The van der Waals surface area contributed by atoms with Crippen LogP contribution in [0.25, 0.3) is 0 Å². The zero-order chi connectivity index (χ0) is 19.8. The minimum absolute atomic E-state index is 0.00649. The average molecular weight is 393 g/mol. The number of nitrogens with one attached hydrogen (secondary N) is 2. The molecule has 1 aromatic rings. The minimum Gasteiger partial charge on any atom is -0.346 e. The Labute approximate surface area is 164 Å². The fourth-order valence-electron chi connectivity index (χ4n) is 2.60. The summed E-state index contributed by atoms with van der Waals surface area (Å²) in [5.74, 6) is 1.47.